The Kier molecular flexibility index (Phi) is 5.46. The standard InChI is InChI=1S/C20H22N2O3/c23-14-17-5-2-1-4-16(17)13-21-19(24)12-15-7-9-18(10-8-15)22-11-3-6-20(22)25/h1-2,4-5,7-10,23H,3,6,11-14H2,(H,21,24). The van der Waals surface area contributed by atoms with Crippen molar-refractivity contribution >= 4 is 17.5 Å². The van der Waals surface area contributed by atoms with E-state index in [9.17, 15) is 14.7 Å². The van der Waals surface area contributed by atoms with E-state index in [4.69, 9.17) is 0 Å². The Morgan fingerprint density at radius 3 is 2.44 bits per heavy atom. The summed E-state index contributed by atoms with van der Waals surface area (Å²) in [4.78, 5) is 25.7. The van der Waals surface area contributed by atoms with Crippen molar-refractivity contribution in [3.63, 3.8) is 0 Å². The van der Waals surface area contributed by atoms with Crippen LogP contribution in [0.4, 0.5) is 5.69 Å². The molecule has 1 heterocycles. The highest BCUT2D eigenvalue weighted by Gasteiger charge is 2.21. The van der Waals surface area contributed by atoms with Crippen LogP contribution in [-0.4, -0.2) is 23.5 Å². The average molecular weight is 338 g/mol. The summed E-state index contributed by atoms with van der Waals surface area (Å²) in [5.74, 6) is 0.0887. The van der Waals surface area contributed by atoms with Gasteiger partial charge in [-0.1, -0.05) is 36.4 Å². The monoisotopic (exact) mass is 338 g/mol. The molecule has 0 unspecified atom stereocenters. The van der Waals surface area contributed by atoms with Gasteiger partial charge in [-0.15, -0.1) is 0 Å². The molecule has 0 aromatic heterocycles. The van der Waals surface area contributed by atoms with Gasteiger partial charge < -0.3 is 15.3 Å². The first kappa shape index (κ1) is 17.2. The second kappa shape index (κ2) is 7.94. The number of carbonyl (C=O) groups excluding carboxylic acids is 2. The van der Waals surface area contributed by atoms with Crippen LogP contribution < -0.4 is 10.2 Å². The fourth-order valence-corrected chi connectivity index (χ4v) is 3.04. The lowest BCUT2D eigenvalue weighted by molar-refractivity contribution is -0.120. The molecule has 5 nitrogen and oxygen atoms in total. The largest absolute Gasteiger partial charge is 0.392 e. The highest BCUT2D eigenvalue weighted by atomic mass is 16.3. The Balaban J connectivity index is 1.55. The molecular formula is C20H22N2O3. The number of nitrogens with one attached hydrogen (secondary N) is 1. The van der Waals surface area contributed by atoms with Crippen LogP contribution >= 0.6 is 0 Å². The van der Waals surface area contributed by atoms with Gasteiger partial charge in [-0.3, -0.25) is 9.59 Å². The third-order valence-electron chi connectivity index (χ3n) is 4.45. The summed E-state index contributed by atoms with van der Waals surface area (Å²) in [6, 6.07) is 15.1. The number of benzene rings is 2. The van der Waals surface area contributed by atoms with E-state index in [1.807, 2.05) is 48.5 Å². The van der Waals surface area contributed by atoms with Gasteiger partial charge in [0.15, 0.2) is 0 Å². The Morgan fingerprint density at radius 2 is 1.80 bits per heavy atom. The van der Waals surface area contributed by atoms with Gasteiger partial charge in [-0.2, -0.15) is 0 Å². The topological polar surface area (TPSA) is 69.6 Å². The zero-order valence-corrected chi connectivity index (χ0v) is 14.1. The molecule has 0 saturated carbocycles. The third kappa shape index (κ3) is 4.25. The number of hydrogen-bond acceptors (Lipinski definition) is 3. The van der Waals surface area contributed by atoms with Gasteiger partial charge >= 0.3 is 0 Å². The van der Waals surface area contributed by atoms with Gasteiger partial charge in [-0.05, 0) is 35.2 Å². The molecular weight excluding hydrogens is 316 g/mol. The van der Waals surface area contributed by atoms with Crippen molar-refractivity contribution in [2.45, 2.75) is 32.4 Å². The lowest BCUT2D eigenvalue weighted by Crippen LogP contribution is -2.25. The predicted octanol–water partition coefficient (Wildman–Crippen LogP) is 2.16. The number of rotatable bonds is 6. The fraction of sp³-hybridized carbons (Fsp3) is 0.300. The molecule has 1 saturated heterocycles. The number of anilines is 1. The molecule has 1 aliphatic heterocycles. The Hall–Kier alpha value is -2.66. The first-order chi connectivity index (χ1) is 12.2. The minimum Gasteiger partial charge on any atom is -0.392 e. The zero-order chi connectivity index (χ0) is 17.6. The molecule has 0 atom stereocenters. The maximum absolute atomic E-state index is 12.1. The molecule has 1 aliphatic rings. The number of hydrogen-bond donors (Lipinski definition) is 2. The molecule has 0 aliphatic carbocycles. The second-order valence-electron chi connectivity index (χ2n) is 6.20. The van der Waals surface area contributed by atoms with Crippen LogP contribution in [0.2, 0.25) is 0 Å². The Labute approximate surface area is 147 Å². The molecule has 2 amide bonds. The van der Waals surface area contributed by atoms with Gasteiger partial charge in [0.25, 0.3) is 0 Å². The van der Waals surface area contributed by atoms with Gasteiger partial charge in [0, 0.05) is 25.2 Å². The minimum atomic E-state index is -0.0715. The van der Waals surface area contributed by atoms with E-state index in [2.05, 4.69) is 5.32 Å². The average Bonchev–Trinajstić information content (AvgIpc) is 3.07. The third-order valence-corrected chi connectivity index (χ3v) is 4.45. The number of nitrogens with zero attached hydrogens (tertiary/aromatic N) is 1. The molecule has 3 rings (SSSR count). The van der Waals surface area contributed by atoms with E-state index in [0.717, 1.165) is 35.3 Å². The molecule has 5 heteroatoms. The van der Waals surface area contributed by atoms with Crippen LogP contribution in [0.25, 0.3) is 0 Å². The zero-order valence-electron chi connectivity index (χ0n) is 14.1. The van der Waals surface area contributed by atoms with E-state index in [1.165, 1.54) is 0 Å². The first-order valence-corrected chi connectivity index (χ1v) is 8.51. The highest BCUT2D eigenvalue weighted by Crippen LogP contribution is 2.21. The molecule has 0 bridgehead atoms. The highest BCUT2D eigenvalue weighted by molar-refractivity contribution is 5.95. The molecule has 2 N–H and O–H groups in total. The summed E-state index contributed by atoms with van der Waals surface area (Å²) in [6.07, 6.45) is 1.80. The molecule has 0 spiro atoms. The SMILES string of the molecule is O=C(Cc1ccc(N2CCCC2=O)cc1)NCc1ccccc1CO. The lowest BCUT2D eigenvalue weighted by Gasteiger charge is -2.16. The quantitative estimate of drug-likeness (QED) is 0.848. The second-order valence-corrected chi connectivity index (χ2v) is 6.20. The summed E-state index contributed by atoms with van der Waals surface area (Å²) in [5.41, 5.74) is 3.54. The lowest BCUT2D eigenvalue weighted by atomic mass is 10.1. The van der Waals surface area contributed by atoms with Crippen molar-refractivity contribution in [2.24, 2.45) is 0 Å². The normalized spacial score (nSPS) is 14.0. The van der Waals surface area contributed by atoms with Crippen LogP contribution in [0, 0.1) is 0 Å². The predicted molar refractivity (Wildman–Crippen MR) is 95.9 cm³/mol. The van der Waals surface area contributed by atoms with Crippen molar-refractivity contribution in [1.82, 2.24) is 5.32 Å². The smallest absolute Gasteiger partial charge is 0.227 e. The van der Waals surface area contributed by atoms with Crippen LogP contribution in [0.5, 0.6) is 0 Å². The molecule has 1 fully saturated rings. The van der Waals surface area contributed by atoms with Crippen molar-refractivity contribution in [1.29, 1.82) is 0 Å². The maximum Gasteiger partial charge on any atom is 0.227 e. The van der Waals surface area contributed by atoms with Crippen molar-refractivity contribution in [3.05, 3.63) is 65.2 Å². The van der Waals surface area contributed by atoms with E-state index < -0.39 is 0 Å². The van der Waals surface area contributed by atoms with E-state index in [-0.39, 0.29) is 24.8 Å². The Morgan fingerprint density at radius 1 is 1.08 bits per heavy atom. The molecule has 2 aromatic rings. The van der Waals surface area contributed by atoms with Crippen LogP contribution in [0.3, 0.4) is 0 Å². The van der Waals surface area contributed by atoms with Crippen LogP contribution in [0.1, 0.15) is 29.5 Å². The number of amides is 2. The van der Waals surface area contributed by atoms with Crippen LogP contribution in [-0.2, 0) is 29.2 Å². The summed E-state index contributed by atoms with van der Waals surface area (Å²) in [5, 5.41) is 12.2. The van der Waals surface area contributed by atoms with Crippen molar-refractivity contribution in [3.8, 4) is 0 Å². The number of aliphatic hydroxyl groups excluding tert-OH is 1. The van der Waals surface area contributed by atoms with Crippen LogP contribution in [0.15, 0.2) is 48.5 Å². The number of aliphatic hydroxyl groups is 1. The minimum absolute atomic E-state index is 0.0390. The van der Waals surface area contributed by atoms with Gasteiger partial charge in [0.05, 0.1) is 13.0 Å². The molecule has 25 heavy (non-hydrogen) atoms. The molecule has 2 aromatic carbocycles. The summed E-state index contributed by atoms with van der Waals surface area (Å²) in [6.45, 7) is 1.13. The van der Waals surface area contributed by atoms with E-state index in [0.29, 0.717) is 13.0 Å². The fourth-order valence-electron chi connectivity index (χ4n) is 3.04. The first-order valence-electron chi connectivity index (χ1n) is 8.51. The molecule has 0 radical (unpaired) electrons. The maximum atomic E-state index is 12.1. The number of carbonyl (C=O) groups is 2. The van der Waals surface area contributed by atoms with Crippen molar-refractivity contribution in [2.75, 3.05) is 11.4 Å². The van der Waals surface area contributed by atoms with E-state index in [1.54, 1.807) is 4.90 Å². The summed E-state index contributed by atoms with van der Waals surface area (Å²) in [7, 11) is 0. The van der Waals surface area contributed by atoms with Gasteiger partial charge in [0.2, 0.25) is 11.8 Å². The molecule has 130 valence electrons. The van der Waals surface area contributed by atoms with Gasteiger partial charge in [-0.25, -0.2) is 0 Å². The Bertz CT molecular complexity index is 756. The summed E-state index contributed by atoms with van der Waals surface area (Å²) >= 11 is 0. The van der Waals surface area contributed by atoms with Crippen molar-refractivity contribution < 1.29 is 14.7 Å². The van der Waals surface area contributed by atoms with Gasteiger partial charge in [0.1, 0.15) is 0 Å². The summed E-state index contributed by atoms with van der Waals surface area (Å²) < 4.78 is 0. The van der Waals surface area contributed by atoms with E-state index >= 15 is 0 Å².